The molecule has 2 heterocycles. The van der Waals surface area contributed by atoms with Crippen LogP contribution in [-0.2, 0) is 11.3 Å². The van der Waals surface area contributed by atoms with E-state index < -0.39 is 0 Å². The number of likely N-dealkylation sites (tertiary alicyclic amines) is 1. The maximum absolute atomic E-state index is 12.9. The van der Waals surface area contributed by atoms with Crippen LogP contribution >= 0.6 is 11.3 Å². The lowest BCUT2D eigenvalue weighted by atomic mass is 9.96. The number of para-hydroxylation sites is 1. The molecular weight excluding hydrogens is 366 g/mol. The molecule has 5 heteroatoms. The van der Waals surface area contributed by atoms with Crippen molar-refractivity contribution in [2.24, 2.45) is 0 Å². The summed E-state index contributed by atoms with van der Waals surface area (Å²) in [4.78, 5) is 21.9. The minimum absolute atomic E-state index is 0.0787. The van der Waals surface area contributed by atoms with Gasteiger partial charge in [-0.1, -0.05) is 42.5 Å². The average Bonchev–Trinajstić information content (AvgIpc) is 3.18. The quantitative estimate of drug-likeness (QED) is 0.639. The minimum atomic E-state index is -0.0787. The Kier molecular flexibility index (Phi) is 5.74. The van der Waals surface area contributed by atoms with Crippen LogP contribution in [0.1, 0.15) is 36.3 Å². The summed E-state index contributed by atoms with van der Waals surface area (Å²) in [5.41, 5.74) is 2.27. The molecule has 1 unspecified atom stereocenters. The van der Waals surface area contributed by atoms with Crippen molar-refractivity contribution in [1.29, 1.82) is 0 Å². The van der Waals surface area contributed by atoms with Gasteiger partial charge in [-0.05, 0) is 50.6 Å². The highest BCUT2D eigenvalue weighted by Crippen LogP contribution is 2.34. The Morgan fingerprint density at radius 2 is 1.82 bits per heavy atom. The first-order valence-electron chi connectivity index (χ1n) is 10.0. The highest BCUT2D eigenvalue weighted by Gasteiger charge is 2.30. The van der Waals surface area contributed by atoms with Crippen LogP contribution in [0.15, 0.2) is 54.6 Å². The van der Waals surface area contributed by atoms with Crippen molar-refractivity contribution in [2.45, 2.75) is 38.3 Å². The highest BCUT2D eigenvalue weighted by atomic mass is 32.1. The summed E-state index contributed by atoms with van der Waals surface area (Å²) in [5, 5.41) is 1.25. The van der Waals surface area contributed by atoms with Gasteiger partial charge in [0.1, 0.15) is 0 Å². The van der Waals surface area contributed by atoms with Crippen LogP contribution < -0.4 is 0 Å². The van der Waals surface area contributed by atoms with Gasteiger partial charge in [-0.25, -0.2) is 4.98 Å². The second-order valence-corrected chi connectivity index (χ2v) is 8.75. The molecule has 1 aliphatic rings. The number of nitrogens with zero attached hydrogens (tertiary/aromatic N) is 3. The van der Waals surface area contributed by atoms with Crippen LogP contribution in [0.5, 0.6) is 0 Å². The van der Waals surface area contributed by atoms with Crippen LogP contribution in [-0.4, -0.2) is 46.9 Å². The standard InChI is InChI=1S/C23H27N3OS/c1-17(23(27)25(2)16-18-8-4-3-5-9-18)26-14-12-19(13-15-26)22-24-20-10-6-7-11-21(20)28-22/h3-11,17,19H,12-16H2,1-2H3. The van der Waals surface area contributed by atoms with E-state index in [0.717, 1.165) is 31.4 Å². The summed E-state index contributed by atoms with van der Waals surface area (Å²) in [6, 6.07) is 18.5. The molecule has 1 atom stereocenters. The molecule has 1 fully saturated rings. The average molecular weight is 394 g/mol. The lowest BCUT2D eigenvalue weighted by Crippen LogP contribution is -2.48. The smallest absolute Gasteiger partial charge is 0.239 e. The fourth-order valence-electron chi connectivity index (χ4n) is 4.01. The maximum atomic E-state index is 12.9. The Morgan fingerprint density at radius 3 is 2.54 bits per heavy atom. The monoisotopic (exact) mass is 393 g/mol. The minimum Gasteiger partial charge on any atom is -0.340 e. The van der Waals surface area contributed by atoms with E-state index in [9.17, 15) is 4.79 Å². The number of aromatic nitrogens is 1. The Labute approximate surface area is 170 Å². The maximum Gasteiger partial charge on any atom is 0.239 e. The zero-order valence-electron chi connectivity index (χ0n) is 16.5. The molecule has 28 heavy (non-hydrogen) atoms. The molecule has 0 aliphatic carbocycles. The molecule has 2 aromatic carbocycles. The molecule has 1 aliphatic heterocycles. The molecule has 0 N–H and O–H groups in total. The second kappa shape index (κ2) is 8.41. The molecule has 0 saturated carbocycles. The number of carbonyl (C=O) groups excluding carboxylic acids is 1. The molecule has 0 bridgehead atoms. The Hall–Kier alpha value is -2.24. The normalized spacial score (nSPS) is 16.9. The molecule has 4 rings (SSSR count). The molecule has 4 nitrogen and oxygen atoms in total. The first kappa shape index (κ1) is 19.1. The summed E-state index contributed by atoms with van der Waals surface area (Å²) in [5.74, 6) is 0.709. The first-order valence-corrected chi connectivity index (χ1v) is 10.8. The van der Waals surface area contributed by atoms with Gasteiger partial charge in [-0.2, -0.15) is 0 Å². The molecule has 1 amide bonds. The third-order valence-electron chi connectivity index (χ3n) is 5.73. The zero-order valence-corrected chi connectivity index (χ0v) is 17.4. The molecule has 3 aromatic rings. The number of fused-ring (bicyclic) bond motifs is 1. The third-order valence-corrected chi connectivity index (χ3v) is 6.93. The van der Waals surface area contributed by atoms with E-state index in [1.54, 1.807) is 0 Å². The summed E-state index contributed by atoms with van der Waals surface area (Å²) >= 11 is 1.82. The Morgan fingerprint density at radius 1 is 1.14 bits per heavy atom. The van der Waals surface area contributed by atoms with Crippen LogP contribution in [0, 0.1) is 0 Å². The first-order chi connectivity index (χ1) is 13.6. The highest BCUT2D eigenvalue weighted by molar-refractivity contribution is 7.18. The number of likely N-dealkylation sites (N-methyl/N-ethyl adjacent to an activating group) is 1. The van der Waals surface area contributed by atoms with Crippen molar-refractivity contribution in [3.05, 3.63) is 65.2 Å². The van der Waals surface area contributed by atoms with Gasteiger partial charge in [-0.15, -0.1) is 11.3 Å². The Bertz CT molecular complexity index is 898. The molecule has 0 radical (unpaired) electrons. The van der Waals surface area contributed by atoms with Crippen LogP contribution in [0.2, 0.25) is 0 Å². The van der Waals surface area contributed by atoms with Crippen molar-refractivity contribution < 1.29 is 4.79 Å². The lowest BCUT2D eigenvalue weighted by Gasteiger charge is -2.36. The third kappa shape index (κ3) is 4.10. The van der Waals surface area contributed by atoms with E-state index in [4.69, 9.17) is 4.98 Å². The second-order valence-electron chi connectivity index (χ2n) is 7.69. The Balaban J connectivity index is 1.34. The number of benzene rings is 2. The van der Waals surface area contributed by atoms with Crippen LogP contribution in [0.3, 0.4) is 0 Å². The summed E-state index contributed by atoms with van der Waals surface area (Å²) in [6.45, 7) is 4.60. The van der Waals surface area contributed by atoms with Gasteiger partial charge < -0.3 is 4.90 Å². The SMILES string of the molecule is CC(C(=O)N(C)Cc1ccccc1)N1CCC(c2nc3ccccc3s2)CC1. The molecule has 1 saturated heterocycles. The fourth-order valence-corrected chi connectivity index (χ4v) is 5.15. The molecule has 0 spiro atoms. The summed E-state index contributed by atoms with van der Waals surface area (Å²) in [6.07, 6.45) is 2.14. The number of hydrogen-bond acceptors (Lipinski definition) is 4. The lowest BCUT2D eigenvalue weighted by molar-refractivity contribution is -0.136. The van der Waals surface area contributed by atoms with Crippen molar-refractivity contribution >= 4 is 27.5 Å². The van der Waals surface area contributed by atoms with Gasteiger partial charge in [0.15, 0.2) is 0 Å². The van der Waals surface area contributed by atoms with Gasteiger partial charge in [0.2, 0.25) is 5.91 Å². The van der Waals surface area contributed by atoms with Crippen molar-refractivity contribution in [3.8, 4) is 0 Å². The van der Waals surface area contributed by atoms with E-state index in [-0.39, 0.29) is 11.9 Å². The number of carbonyl (C=O) groups is 1. The number of thiazole rings is 1. The van der Waals surface area contributed by atoms with Crippen molar-refractivity contribution in [2.75, 3.05) is 20.1 Å². The fraction of sp³-hybridized carbons (Fsp3) is 0.391. The van der Waals surface area contributed by atoms with Gasteiger partial charge in [0, 0.05) is 19.5 Å². The number of rotatable bonds is 5. The van der Waals surface area contributed by atoms with E-state index in [2.05, 4.69) is 35.2 Å². The number of piperidine rings is 1. The van der Waals surface area contributed by atoms with Gasteiger partial charge in [0.05, 0.1) is 21.3 Å². The van der Waals surface area contributed by atoms with E-state index in [1.807, 2.05) is 54.5 Å². The molecule has 146 valence electrons. The number of hydrogen-bond donors (Lipinski definition) is 0. The number of amides is 1. The topological polar surface area (TPSA) is 36.4 Å². The van der Waals surface area contributed by atoms with Gasteiger partial charge >= 0.3 is 0 Å². The van der Waals surface area contributed by atoms with E-state index in [1.165, 1.54) is 15.3 Å². The van der Waals surface area contributed by atoms with Crippen LogP contribution in [0.4, 0.5) is 0 Å². The van der Waals surface area contributed by atoms with Crippen LogP contribution in [0.25, 0.3) is 10.2 Å². The van der Waals surface area contributed by atoms with Gasteiger partial charge in [0.25, 0.3) is 0 Å². The van der Waals surface area contributed by atoms with Crippen molar-refractivity contribution in [3.63, 3.8) is 0 Å². The predicted molar refractivity (Wildman–Crippen MR) is 116 cm³/mol. The zero-order chi connectivity index (χ0) is 19.5. The van der Waals surface area contributed by atoms with E-state index in [0.29, 0.717) is 12.5 Å². The largest absolute Gasteiger partial charge is 0.340 e. The van der Waals surface area contributed by atoms with Gasteiger partial charge in [-0.3, -0.25) is 9.69 Å². The molecular formula is C23H27N3OS. The summed E-state index contributed by atoms with van der Waals surface area (Å²) < 4.78 is 1.27. The molecule has 1 aromatic heterocycles. The van der Waals surface area contributed by atoms with E-state index >= 15 is 0 Å². The van der Waals surface area contributed by atoms with Crippen molar-refractivity contribution in [1.82, 2.24) is 14.8 Å². The predicted octanol–water partition coefficient (Wildman–Crippen LogP) is 4.52. The summed E-state index contributed by atoms with van der Waals surface area (Å²) in [7, 11) is 1.90.